The van der Waals surface area contributed by atoms with Crippen LogP contribution in [0.25, 0.3) is 21.7 Å². The molecule has 22 heavy (non-hydrogen) atoms. The third-order valence-corrected chi connectivity index (χ3v) is 4.92. The van der Waals surface area contributed by atoms with Crippen molar-refractivity contribution in [2.24, 2.45) is 10.9 Å². The minimum absolute atomic E-state index is 0.201. The average Bonchev–Trinajstić information content (AvgIpc) is 3.12. The minimum atomic E-state index is 0.201. The number of halogens is 1. The molecule has 0 saturated carbocycles. The van der Waals surface area contributed by atoms with Crippen molar-refractivity contribution >= 4 is 43.6 Å². The first-order valence-electron chi connectivity index (χ1n) is 7.46. The standard InChI is InChI=1S/C18H16BrNO2/c1-10(2)13-9-21-18(20-13)17-16(19)15-12-6-4-3-5-11(12)7-8-14(15)22-17/h3-8,10,13H,9H2,1-2H3/t13-/m1/s1. The van der Waals surface area contributed by atoms with E-state index in [0.717, 1.165) is 15.4 Å². The molecule has 4 rings (SSSR count). The van der Waals surface area contributed by atoms with E-state index >= 15 is 0 Å². The van der Waals surface area contributed by atoms with Gasteiger partial charge < -0.3 is 9.15 Å². The molecule has 112 valence electrons. The molecule has 0 fully saturated rings. The smallest absolute Gasteiger partial charge is 0.254 e. The molecule has 4 heteroatoms. The van der Waals surface area contributed by atoms with Gasteiger partial charge in [-0.25, -0.2) is 4.99 Å². The zero-order valence-corrected chi connectivity index (χ0v) is 14.1. The summed E-state index contributed by atoms with van der Waals surface area (Å²) in [5.41, 5.74) is 0.847. The fourth-order valence-electron chi connectivity index (χ4n) is 2.82. The van der Waals surface area contributed by atoms with Gasteiger partial charge in [-0.2, -0.15) is 0 Å². The van der Waals surface area contributed by atoms with Gasteiger partial charge >= 0.3 is 0 Å². The molecule has 3 nitrogen and oxygen atoms in total. The molecule has 3 aromatic rings. The number of hydrogen-bond acceptors (Lipinski definition) is 3. The van der Waals surface area contributed by atoms with E-state index in [1.807, 2.05) is 18.2 Å². The molecular formula is C18H16BrNO2. The number of nitrogens with zero attached hydrogens (tertiary/aromatic N) is 1. The van der Waals surface area contributed by atoms with Crippen molar-refractivity contribution in [1.82, 2.24) is 0 Å². The second kappa shape index (κ2) is 5.13. The number of ether oxygens (including phenoxy) is 1. The molecule has 0 aliphatic carbocycles. The average molecular weight is 358 g/mol. The lowest BCUT2D eigenvalue weighted by atomic mass is 10.1. The van der Waals surface area contributed by atoms with Crippen LogP contribution in [-0.4, -0.2) is 18.5 Å². The molecule has 0 radical (unpaired) electrons. The SMILES string of the molecule is CC(C)[C@H]1COC(c2oc3ccc4ccccc4c3c2Br)=N1. The lowest BCUT2D eigenvalue weighted by Gasteiger charge is -2.06. The fraction of sp³-hybridized carbons (Fsp3) is 0.278. The molecule has 0 unspecified atom stereocenters. The van der Waals surface area contributed by atoms with Crippen LogP contribution in [0.5, 0.6) is 0 Å². The normalized spacial score (nSPS) is 18.2. The molecule has 1 atom stereocenters. The summed E-state index contributed by atoms with van der Waals surface area (Å²) in [6.07, 6.45) is 0. The first-order valence-corrected chi connectivity index (χ1v) is 8.25. The predicted octanol–water partition coefficient (Wildman–Crippen LogP) is 5.15. The van der Waals surface area contributed by atoms with Gasteiger partial charge in [-0.05, 0) is 38.7 Å². The van der Waals surface area contributed by atoms with Gasteiger partial charge in [-0.15, -0.1) is 0 Å². The van der Waals surface area contributed by atoms with Gasteiger partial charge in [0.1, 0.15) is 12.2 Å². The predicted molar refractivity (Wildman–Crippen MR) is 92.5 cm³/mol. The lowest BCUT2D eigenvalue weighted by Crippen LogP contribution is -2.13. The number of rotatable bonds is 2. The van der Waals surface area contributed by atoms with Crippen molar-refractivity contribution in [2.45, 2.75) is 19.9 Å². The Morgan fingerprint density at radius 3 is 2.77 bits per heavy atom. The highest BCUT2D eigenvalue weighted by molar-refractivity contribution is 9.10. The quantitative estimate of drug-likeness (QED) is 0.635. The second-order valence-electron chi connectivity index (χ2n) is 5.96. The Morgan fingerprint density at radius 1 is 1.18 bits per heavy atom. The monoisotopic (exact) mass is 357 g/mol. The van der Waals surface area contributed by atoms with E-state index in [1.165, 1.54) is 10.8 Å². The van der Waals surface area contributed by atoms with Gasteiger partial charge in [0.15, 0.2) is 0 Å². The van der Waals surface area contributed by atoms with Gasteiger partial charge in [0.05, 0.1) is 10.5 Å². The largest absolute Gasteiger partial charge is 0.473 e. The van der Waals surface area contributed by atoms with Gasteiger partial charge in [-0.3, -0.25) is 0 Å². The zero-order chi connectivity index (χ0) is 15.3. The van der Waals surface area contributed by atoms with Crippen LogP contribution in [0.4, 0.5) is 0 Å². The van der Waals surface area contributed by atoms with Gasteiger partial charge in [0.2, 0.25) is 5.76 Å². The minimum Gasteiger partial charge on any atom is -0.473 e. The molecular weight excluding hydrogens is 342 g/mol. The van der Waals surface area contributed by atoms with E-state index in [0.29, 0.717) is 24.2 Å². The highest BCUT2D eigenvalue weighted by Crippen LogP contribution is 2.37. The van der Waals surface area contributed by atoms with Crippen molar-refractivity contribution in [3.63, 3.8) is 0 Å². The molecule has 0 spiro atoms. The van der Waals surface area contributed by atoms with Crippen LogP contribution < -0.4 is 0 Å². The molecule has 1 aliphatic heterocycles. The van der Waals surface area contributed by atoms with Crippen molar-refractivity contribution in [3.8, 4) is 0 Å². The van der Waals surface area contributed by atoms with Crippen molar-refractivity contribution < 1.29 is 9.15 Å². The topological polar surface area (TPSA) is 34.7 Å². The number of hydrogen-bond donors (Lipinski definition) is 0. The van der Waals surface area contributed by atoms with Crippen LogP contribution in [-0.2, 0) is 4.74 Å². The molecule has 0 amide bonds. The summed E-state index contributed by atoms with van der Waals surface area (Å²) in [5.74, 6) is 1.75. The summed E-state index contributed by atoms with van der Waals surface area (Å²) in [4.78, 5) is 4.66. The van der Waals surface area contributed by atoms with Crippen LogP contribution in [0, 0.1) is 5.92 Å². The third kappa shape index (κ3) is 2.05. The zero-order valence-electron chi connectivity index (χ0n) is 12.5. The molecule has 0 bridgehead atoms. The van der Waals surface area contributed by atoms with E-state index in [2.05, 4.69) is 53.0 Å². The molecule has 1 aliphatic rings. The van der Waals surface area contributed by atoms with Gasteiger partial charge in [-0.1, -0.05) is 44.2 Å². The van der Waals surface area contributed by atoms with Crippen LogP contribution in [0.3, 0.4) is 0 Å². The third-order valence-electron chi connectivity index (χ3n) is 4.16. The Hall–Kier alpha value is -1.81. The van der Waals surface area contributed by atoms with Gasteiger partial charge in [0.25, 0.3) is 5.90 Å². The Labute approximate surface area is 137 Å². The van der Waals surface area contributed by atoms with E-state index in [-0.39, 0.29) is 6.04 Å². The number of furan rings is 1. The molecule has 1 aromatic heterocycles. The first kappa shape index (κ1) is 13.8. The maximum Gasteiger partial charge on any atom is 0.254 e. The van der Waals surface area contributed by atoms with E-state index in [9.17, 15) is 0 Å². The Morgan fingerprint density at radius 2 is 2.00 bits per heavy atom. The van der Waals surface area contributed by atoms with Crippen molar-refractivity contribution in [1.29, 1.82) is 0 Å². The van der Waals surface area contributed by atoms with E-state index in [4.69, 9.17) is 9.15 Å². The summed E-state index contributed by atoms with van der Waals surface area (Å²) in [6.45, 7) is 4.93. The lowest BCUT2D eigenvalue weighted by molar-refractivity contribution is 0.288. The first-order chi connectivity index (χ1) is 10.6. The number of aliphatic imine (C=N–C) groups is 1. The van der Waals surface area contributed by atoms with Crippen LogP contribution >= 0.6 is 15.9 Å². The molecule has 0 N–H and O–H groups in total. The maximum absolute atomic E-state index is 6.02. The summed E-state index contributed by atoms with van der Waals surface area (Å²) in [5, 5.41) is 3.44. The Balaban J connectivity index is 1.92. The highest BCUT2D eigenvalue weighted by Gasteiger charge is 2.27. The number of benzene rings is 2. The van der Waals surface area contributed by atoms with Gasteiger partial charge in [0, 0.05) is 5.39 Å². The van der Waals surface area contributed by atoms with Crippen molar-refractivity contribution in [2.75, 3.05) is 6.61 Å². The molecule has 2 heterocycles. The number of fused-ring (bicyclic) bond motifs is 3. The summed E-state index contributed by atoms with van der Waals surface area (Å²) in [6, 6.07) is 12.6. The maximum atomic E-state index is 6.02. The second-order valence-corrected chi connectivity index (χ2v) is 6.75. The summed E-state index contributed by atoms with van der Waals surface area (Å²) in [7, 11) is 0. The molecule has 0 saturated heterocycles. The van der Waals surface area contributed by atoms with Crippen LogP contribution in [0.2, 0.25) is 0 Å². The Kier molecular flexibility index (Phi) is 3.22. The Bertz CT molecular complexity index is 895. The van der Waals surface area contributed by atoms with E-state index < -0.39 is 0 Å². The molecule has 2 aromatic carbocycles. The highest BCUT2D eigenvalue weighted by atomic mass is 79.9. The van der Waals surface area contributed by atoms with Crippen LogP contribution in [0.15, 0.2) is 50.3 Å². The summed E-state index contributed by atoms with van der Waals surface area (Å²) < 4.78 is 12.7. The summed E-state index contributed by atoms with van der Waals surface area (Å²) >= 11 is 3.69. The fourth-order valence-corrected chi connectivity index (χ4v) is 3.48. The van der Waals surface area contributed by atoms with Crippen LogP contribution in [0.1, 0.15) is 19.6 Å². The van der Waals surface area contributed by atoms with E-state index in [1.54, 1.807) is 0 Å². The van der Waals surface area contributed by atoms with Crippen molar-refractivity contribution in [3.05, 3.63) is 46.6 Å².